The van der Waals surface area contributed by atoms with E-state index in [0.717, 1.165) is 47.2 Å². The van der Waals surface area contributed by atoms with Gasteiger partial charge in [-0.3, -0.25) is 0 Å². The number of ether oxygens (including phenoxy) is 1. The Morgan fingerprint density at radius 2 is 2.00 bits per heavy atom. The highest BCUT2D eigenvalue weighted by molar-refractivity contribution is 6.32. The summed E-state index contributed by atoms with van der Waals surface area (Å²) >= 11 is 6.19. The van der Waals surface area contributed by atoms with Gasteiger partial charge in [0, 0.05) is 23.5 Å². The summed E-state index contributed by atoms with van der Waals surface area (Å²) in [7, 11) is 1.65. The quantitative estimate of drug-likeness (QED) is 0.714. The fourth-order valence-corrected chi connectivity index (χ4v) is 3.50. The molecule has 1 aliphatic rings. The first-order valence-corrected chi connectivity index (χ1v) is 9.24. The van der Waals surface area contributed by atoms with E-state index in [4.69, 9.17) is 21.6 Å². The van der Waals surface area contributed by atoms with Crippen LogP contribution in [0.25, 0.3) is 0 Å². The van der Waals surface area contributed by atoms with Gasteiger partial charge >= 0.3 is 0 Å². The molecule has 1 aliphatic heterocycles. The number of anilines is 3. The summed E-state index contributed by atoms with van der Waals surface area (Å²) in [6.07, 6.45) is 2.40. The number of benzene rings is 2. The van der Waals surface area contributed by atoms with Gasteiger partial charge in [-0.15, -0.1) is 0 Å². The molecule has 0 spiro atoms. The normalized spacial score (nSPS) is 12.8. The van der Waals surface area contributed by atoms with Crippen molar-refractivity contribution in [3.05, 3.63) is 70.6 Å². The zero-order chi connectivity index (χ0) is 19.5. The number of nitriles is 1. The number of halogens is 1. The van der Waals surface area contributed by atoms with Gasteiger partial charge in [-0.1, -0.05) is 11.6 Å². The molecule has 0 saturated heterocycles. The number of aromatic nitrogens is 2. The molecule has 0 unspecified atom stereocenters. The van der Waals surface area contributed by atoms with E-state index in [1.54, 1.807) is 19.5 Å². The largest absolute Gasteiger partial charge is 0.497 e. The van der Waals surface area contributed by atoms with Gasteiger partial charge in [-0.25, -0.2) is 9.97 Å². The molecule has 140 valence electrons. The van der Waals surface area contributed by atoms with Gasteiger partial charge < -0.3 is 15.0 Å². The van der Waals surface area contributed by atoms with Gasteiger partial charge in [0.1, 0.15) is 24.0 Å². The van der Waals surface area contributed by atoms with Crippen LogP contribution in [0.4, 0.5) is 17.2 Å². The van der Waals surface area contributed by atoms with E-state index in [-0.39, 0.29) is 0 Å². The molecule has 4 rings (SSSR count). The summed E-state index contributed by atoms with van der Waals surface area (Å²) in [6.45, 7) is 1.48. The predicted octanol–water partition coefficient (Wildman–Crippen LogP) is 4.32. The molecule has 6 nitrogen and oxygen atoms in total. The topological polar surface area (TPSA) is 74.1 Å². The van der Waals surface area contributed by atoms with E-state index in [0.29, 0.717) is 17.1 Å². The minimum atomic E-state index is 0.468. The molecule has 1 N–H and O–H groups in total. The first-order valence-electron chi connectivity index (χ1n) is 8.86. The third-order valence-electron chi connectivity index (χ3n) is 4.80. The lowest BCUT2D eigenvalue weighted by atomic mass is 10.0. The predicted molar refractivity (Wildman–Crippen MR) is 109 cm³/mol. The summed E-state index contributed by atoms with van der Waals surface area (Å²) in [6, 6.07) is 15.3. The van der Waals surface area contributed by atoms with E-state index in [1.165, 1.54) is 0 Å². The third-order valence-corrected chi connectivity index (χ3v) is 5.11. The van der Waals surface area contributed by atoms with Crippen molar-refractivity contribution < 1.29 is 4.74 Å². The maximum Gasteiger partial charge on any atom is 0.137 e. The molecule has 3 aromatic rings. The number of nitrogens with one attached hydrogen (secondary N) is 1. The van der Waals surface area contributed by atoms with Crippen LogP contribution < -0.4 is 15.0 Å². The summed E-state index contributed by atoms with van der Waals surface area (Å²) in [5.74, 6) is 1.64. The molecule has 0 aliphatic carbocycles. The van der Waals surface area contributed by atoms with Crippen LogP contribution in [0.3, 0.4) is 0 Å². The summed E-state index contributed by atoms with van der Waals surface area (Å²) < 4.78 is 5.20. The Morgan fingerprint density at radius 3 is 2.71 bits per heavy atom. The second kappa shape index (κ2) is 7.75. The lowest BCUT2D eigenvalue weighted by Crippen LogP contribution is -2.31. The van der Waals surface area contributed by atoms with Gasteiger partial charge in [0.25, 0.3) is 0 Å². The Bertz CT molecular complexity index is 1050. The first-order chi connectivity index (χ1) is 13.7. The lowest BCUT2D eigenvalue weighted by Gasteiger charge is -2.31. The molecule has 0 saturated carbocycles. The Labute approximate surface area is 168 Å². The second-order valence-corrected chi connectivity index (χ2v) is 6.86. The van der Waals surface area contributed by atoms with E-state index in [9.17, 15) is 0 Å². The van der Waals surface area contributed by atoms with Gasteiger partial charge in [-0.2, -0.15) is 5.26 Å². The van der Waals surface area contributed by atoms with E-state index in [2.05, 4.69) is 26.3 Å². The third kappa shape index (κ3) is 3.57. The van der Waals surface area contributed by atoms with Crippen LogP contribution in [0, 0.1) is 11.3 Å². The van der Waals surface area contributed by atoms with Crippen molar-refractivity contribution in [3.8, 4) is 11.8 Å². The van der Waals surface area contributed by atoms with Crippen molar-refractivity contribution >= 4 is 28.8 Å². The zero-order valence-electron chi connectivity index (χ0n) is 15.3. The van der Waals surface area contributed by atoms with Gasteiger partial charge in [-0.05, 0) is 48.9 Å². The molecule has 0 bridgehead atoms. The average molecular weight is 392 g/mol. The average Bonchev–Trinajstić information content (AvgIpc) is 2.74. The molecular weight excluding hydrogens is 374 g/mol. The van der Waals surface area contributed by atoms with Crippen LogP contribution in [0.15, 0.2) is 48.8 Å². The maximum absolute atomic E-state index is 9.05. The number of nitrogens with zero attached hydrogens (tertiary/aromatic N) is 4. The second-order valence-electron chi connectivity index (χ2n) is 6.45. The van der Waals surface area contributed by atoms with Crippen LogP contribution >= 0.6 is 11.6 Å². The highest BCUT2D eigenvalue weighted by Crippen LogP contribution is 2.30. The smallest absolute Gasteiger partial charge is 0.137 e. The number of hydrogen-bond acceptors (Lipinski definition) is 6. The molecule has 7 heteroatoms. The van der Waals surface area contributed by atoms with Crippen molar-refractivity contribution in [2.75, 3.05) is 23.9 Å². The number of rotatable bonds is 4. The highest BCUT2D eigenvalue weighted by atomic mass is 35.5. The summed E-state index contributed by atoms with van der Waals surface area (Å²) in [4.78, 5) is 11.1. The Balaban J connectivity index is 1.56. The molecule has 1 aromatic heterocycles. The Morgan fingerprint density at radius 1 is 1.18 bits per heavy atom. The molecule has 0 radical (unpaired) electrons. The minimum absolute atomic E-state index is 0.468. The molecule has 2 aromatic carbocycles. The molecular formula is C21H18ClN5O. The first kappa shape index (κ1) is 18.1. The molecule has 0 amide bonds. The standard InChI is InChI=1S/C21H18ClN5O/c1-28-17-6-3-15(4-7-17)26-21-18-8-9-27(12-20(18)24-13-25-21)16-5-2-14(11-23)19(22)10-16/h2-7,10,13H,8-9,12H2,1H3,(H,24,25,26). The fraction of sp³-hybridized carbons (Fsp3) is 0.190. The molecule has 28 heavy (non-hydrogen) atoms. The molecule has 0 atom stereocenters. The van der Waals surface area contributed by atoms with Crippen molar-refractivity contribution in [1.82, 2.24) is 9.97 Å². The van der Waals surface area contributed by atoms with Crippen LogP contribution in [0.2, 0.25) is 5.02 Å². The number of fused-ring (bicyclic) bond motifs is 1. The van der Waals surface area contributed by atoms with Crippen molar-refractivity contribution in [3.63, 3.8) is 0 Å². The van der Waals surface area contributed by atoms with Crippen LogP contribution in [0.5, 0.6) is 5.75 Å². The SMILES string of the molecule is COc1ccc(Nc2ncnc3c2CCN(c2ccc(C#N)c(Cl)c2)C3)cc1. The fourth-order valence-electron chi connectivity index (χ4n) is 3.28. The van der Waals surface area contributed by atoms with Crippen LogP contribution in [0.1, 0.15) is 16.8 Å². The number of hydrogen-bond donors (Lipinski definition) is 1. The van der Waals surface area contributed by atoms with E-state index in [1.807, 2.05) is 36.4 Å². The molecule has 2 heterocycles. The van der Waals surface area contributed by atoms with Crippen molar-refractivity contribution in [2.45, 2.75) is 13.0 Å². The molecule has 0 fully saturated rings. The minimum Gasteiger partial charge on any atom is -0.497 e. The van der Waals surface area contributed by atoms with Gasteiger partial charge in [0.15, 0.2) is 0 Å². The van der Waals surface area contributed by atoms with Crippen LogP contribution in [-0.2, 0) is 13.0 Å². The van der Waals surface area contributed by atoms with Crippen molar-refractivity contribution in [2.24, 2.45) is 0 Å². The monoisotopic (exact) mass is 391 g/mol. The number of methoxy groups -OCH3 is 1. The van der Waals surface area contributed by atoms with Gasteiger partial charge in [0.2, 0.25) is 0 Å². The summed E-state index contributed by atoms with van der Waals surface area (Å²) in [5.41, 5.74) is 4.52. The zero-order valence-corrected chi connectivity index (χ0v) is 16.1. The van der Waals surface area contributed by atoms with E-state index < -0.39 is 0 Å². The highest BCUT2D eigenvalue weighted by Gasteiger charge is 2.21. The Kier molecular flexibility index (Phi) is 5.00. The van der Waals surface area contributed by atoms with Gasteiger partial charge in [0.05, 0.1) is 29.9 Å². The van der Waals surface area contributed by atoms with Crippen LogP contribution in [-0.4, -0.2) is 23.6 Å². The van der Waals surface area contributed by atoms with Crippen molar-refractivity contribution in [1.29, 1.82) is 5.26 Å². The summed E-state index contributed by atoms with van der Waals surface area (Å²) in [5, 5.41) is 12.9. The maximum atomic E-state index is 9.05. The Hall–Kier alpha value is -3.30. The lowest BCUT2D eigenvalue weighted by molar-refractivity contribution is 0.415. The van der Waals surface area contributed by atoms with E-state index >= 15 is 0 Å².